The summed E-state index contributed by atoms with van der Waals surface area (Å²) in [6.45, 7) is 5.53. The van der Waals surface area contributed by atoms with E-state index in [1.54, 1.807) is 12.1 Å². The maximum atomic E-state index is 11.3. The van der Waals surface area contributed by atoms with Crippen molar-refractivity contribution in [2.24, 2.45) is 0 Å². The van der Waals surface area contributed by atoms with Crippen molar-refractivity contribution < 1.29 is 18.1 Å². The van der Waals surface area contributed by atoms with E-state index >= 15 is 0 Å². The summed E-state index contributed by atoms with van der Waals surface area (Å²) in [5.41, 5.74) is 2.38. The normalized spacial score (nSPS) is 11.5. The van der Waals surface area contributed by atoms with Crippen LogP contribution in [-0.2, 0) is 23.0 Å². The van der Waals surface area contributed by atoms with Crippen LogP contribution in [0, 0.1) is 6.92 Å². The predicted molar refractivity (Wildman–Crippen MR) is 70.3 cm³/mol. The Bertz CT molecular complexity index is 532. The Balaban J connectivity index is 3.41. The third-order valence-electron chi connectivity index (χ3n) is 2.83. The van der Waals surface area contributed by atoms with Crippen LogP contribution in [0.3, 0.4) is 0 Å². The fourth-order valence-corrected chi connectivity index (χ4v) is 2.76. The van der Waals surface area contributed by atoms with Crippen LogP contribution in [-0.4, -0.2) is 24.7 Å². The number of aliphatic hydroxyl groups is 1. The minimum absolute atomic E-state index is 0.0447. The molecule has 0 saturated carbocycles. The predicted octanol–water partition coefficient (Wildman–Crippen LogP) is 1.90. The first-order valence-corrected chi connectivity index (χ1v) is 7.16. The zero-order chi connectivity index (χ0) is 13.8. The highest BCUT2D eigenvalue weighted by Crippen LogP contribution is 2.25. The fourth-order valence-electron chi connectivity index (χ4n) is 2.00. The molecule has 4 nitrogen and oxygen atoms in total. The van der Waals surface area contributed by atoms with Crippen molar-refractivity contribution in [2.45, 2.75) is 31.1 Å². The standard InChI is InChI=1S/C13H18O4S/c1-3-5-12-11(6-4-9-14)10(2)7-8-13(12)18(15,16)17/h3,7-8,14H,1,4-6,9H2,2H3,(H,15,16,17). The Morgan fingerprint density at radius 2 is 2.00 bits per heavy atom. The number of hydrogen-bond donors (Lipinski definition) is 2. The van der Waals surface area contributed by atoms with Crippen LogP contribution in [0.1, 0.15) is 23.1 Å². The largest absolute Gasteiger partial charge is 0.396 e. The molecule has 0 fully saturated rings. The van der Waals surface area contributed by atoms with E-state index in [0.29, 0.717) is 24.8 Å². The van der Waals surface area contributed by atoms with Gasteiger partial charge >= 0.3 is 0 Å². The molecule has 0 amide bonds. The summed E-state index contributed by atoms with van der Waals surface area (Å²) in [6.07, 6.45) is 3.11. The number of hydrogen-bond acceptors (Lipinski definition) is 3. The Morgan fingerprint density at radius 3 is 2.50 bits per heavy atom. The lowest BCUT2D eigenvalue weighted by Gasteiger charge is -2.14. The van der Waals surface area contributed by atoms with Crippen LogP contribution < -0.4 is 0 Å². The summed E-state index contributed by atoms with van der Waals surface area (Å²) in [6, 6.07) is 3.08. The summed E-state index contributed by atoms with van der Waals surface area (Å²) in [7, 11) is -4.23. The van der Waals surface area contributed by atoms with Crippen molar-refractivity contribution in [3.8, 4) is 0 Å². The van der Waals surface area contributed by atoms with Gasteiger partial charge in [0.2, 0.25) is 0 Å². The third-order valence-corrected chi connectivity index (χ3v) is 3.77. The Hall–Kier alpha value is -1.17. The molecule has 1 aromatic rings. The highest BCUT2D eigenvalue weighted by molar-refractivity contribution is 7.85. The van der Waals surface area contributed by atoms with Crippen molar-refractivity contribution in [3.63, 3.8) is 0 Å². The maximum Gasteiger partial charge on any atom is 0.294 e. The van der Waals surface area contributed by atoms with Crippen molar-refractivity contribution in [1.29, 1.82) is 0 Å². The average Bonchev–Trinajstić information content (AvgIpc) is 2.27. The molecule has 1 rings (SSSR count). The van der Waals surface area contributed by atoms with Crippen molar-refractivity contribution in [3.05, 3.63) is 41.5 Å². The van der Waals surface area contributed by atoms with Crippen molar-refractivity contribution >= 4 is 10.1 Å². The molecule has 2 N–H and O–H groups in total. The number of aliphatic hydroxyl groups excluding tert-OH is 1. The highest BCUT2D eigenvalue weighted by atomic mass is 32.2. The summed E-state index contributed by atoms with van der Waals surface area (Å²) in [5, 5.41) is 8.88. The van der Waals surface area contributed by atoms with Gasteiger partial charge in [-0.2, -0.15) is 8.42 Å². The fraction of sp³-hybridized carbons (Fsp3) is 0.385. The molecule has 1 aromatic carbocycles. The van der Waals surface area contributed by atoms with Crippen LogP contribution >= 0.6 is 0 Å². The number of rotatable bonds is 6. The monoisotopic (exact) mass is 270 g/mol. The molecule has 0 aliphatic rings. The van der Waals surface area contributed by atoms with Crippen LogP contribution in [0.15, 0.2) is 29.7 Å². The van der Waals surface area contributed by atoms with Gasteiger partial charge in [-0.05, 0) is 48.9 Å². The zero-order valence-electron chi connectivity index (χ0n) is 10.4. The molecule has 0 unspecified atom stereocenters. The van der Waals surface area contributed by atoms with Gasteiger partial charge in [-0.25, -0.2) is 0 Å². The van der Waals surface area contributed by atoms with Crippen molar-refractivity contribution in [1.82, 2.24) is 0 Å². The molecule has 0 saturated heterocycles. The molecular weight excluding hydrogens is 252 g/mol. The zero-order valence-corrected chi connectivity index (χ0v) is 11.2. The second kappa shape index (κ2) is 6.13. The summed E-state index contributed by atoms with van der Waals surface area (Å²) in [4.78, 5) is -0.0686. The molecule has 0 radical (unpaired) electrons. The van der Waals surface area contributed by atoms with E-state index < -0.39 is 10.1 Å². The molecule has 0 aromatic heterocycles. The van der Waals surface area contributed by atoms with Crippen LogP contribution in [0.4, 0.5) is 0 Å². The minimum atomic E-state index is -4.23. The first kappa shape index (κ1) is 14.9. The molecule has 0 bridgehead atoms. The molecular formula is C13H18O4S. The quantitative estimate of drug-likeness (QED) is 0.611. The molecule has 0 aliphatic carbocycles. The number of allylic oxidation sites excluding steroid dienone is 1. The van der Waals surface area contributed by atoms with Gasteiger partial charge in [0.25, 0.3) is 10.1 Å². The van der Waals surface area contributed by atoms with Crippen LogP contribution in [0.5, 0.6) is 0 Å². The molecule has 5 heteroatoms. The summed E-state index contributed by atoms with van der Waals surface area (Å²) >= 11 is 0. The first-order chi connectivity index (χ1) is 8.41. The Kier molecular flexibility index (Phi) is 5.07. The number of benzene rings is 1. The van der Waals surface area contributed by atoms with Gasteiger partial charge in [0.1, 0.15) is 0 Å². The van der Waals surface area contributed by atoms with Gasteiger partial charge in [0.05, 0.1) is 4.90 Å². The highest BCUT2D eigenvalue weighted by Gasteiger charge is 2.18. The lowest BCUT2D eigenvalue weighted by molar-refractivity contribution is 0.288. The van der Waals surface area contributed by atoms with Gasteiger partial charge in [0, 0.05) is 6.61 Å². The summed E-state index contributed by atoms with van der Waals surface area (Å²) in [5.74, 6) is 0. The number of aryl methyl sites for hydroxylation is 1. The Morgan fingerprint density at radius 1 is 1.33 bits per heavy atom. The van der Waals surface area contributed by atoms with E-state index in [4.69, 9.17) is 5.11 Å². The van der Waals surface area contributed by atoms with Gasteiger partial charge in [-0.15, -0.1) is 6.58 Å². The minimum Gasteiger partial charge on any atom is -0.396 e. The maximum absolute atomic E-state index is 11.3. The van der Waals surface area contributed by atoms with E-state index in [9.17, 15) is 13.0 Å². The lowest BCUT2D eigenvalue weighted by Crippen LogP contribution is -2.08. The smallest absolute Gasteiger partial charge is 0.294 e. The van der Waals surface area contributed by atoms with E-state index in [1.807, 2.05) is 6.92 Å². The van der Waals surface area contributed by atoms with Gasteiger partial charge in [0.15, 0.2) is 0 Å². The Labute approximate surface area is 108 Å². The second-order valence-electron chi connectivity index (χ2n) is 4.13. The van der Waals surface area contributed by atoms with Crippen LogP contribution in [0.25, 0.3) is 0 Å². The van der Waals surface area contributed by atoms with Gasteiger partial charge < -0.3 is 5.11 Å². The molecule has 18 heavy (non-hydrogen) atoms. The third kappa shape index (κ3) is 3.41. The summed E-state index contributed by atoms with van der Waals surface area (Å²) < 4.78 is 31.9. The van der Waals surface area contributed by atoms with Crippen molar-refractivity contribution in [2.75, 3.05) is 6.61 Å². The van der Waals surface area contributed by atoms with Gasteiger partial charge in [-0.1, -0.05) is 12.1 Å². The SMILES string of the molecule is C=CCc1c(S(=O)(=O)O)ccc(C)c1CCCO. The molecule has 0 spiro atoms. The van der Waals surface area contributed by atoms with E-state index in [2.05, 4.69) is 6.58 Å². The first-order valence-electron chi connectivity index (χ1n) is 5.72. The topological polar surface area (TPSA) is 74.6 Å². The van der Waals surface area contributed by atoms with Gasteiger partial charge in [-0.3, -0.25) is 4.55 Å². The molecule has 0 aliphatic heterocycles. The van der Waals surface area contributed by atoms with E-state index in [1.165, 1.54) is 6.07 Å². The second-order valence-corrected chi connectivity index (χ2v) is 5.52. The molecule has 0 atom stereocenters. The lowest BCUT2D eigenvalue weighted by atomic mass is 9.96. The van der Waals surface area contributed by atoms with E-state index in [0.717, 1.165) is 11.1 Å². The molecule has 0 heterocycles. The molecule has 100 valence electrons. The average molecular weight is 270 g/mol. The van der Waals surface area contributed by atoms with Crippen LogP contribution in [0.2, 0.25) is 0 Å². The van der Waals surface area contributed by atoms with E-state index in [-0.39, 0.29) is 11.5 Å².